The molecule has 0 radical (unpaired) electrons. The van der Waals surface area contributed by atoms with E-state index in [4.69, 9.17) is 0 Å². The summed E-state index contributed by atoms with van der Waals surface area (Å²) in [6.45, 7) is 3.95. The largest absolute Gasteiger partial charge is 0.395 e. The van der Waals surface area contributed by atoms with Gasteiger partial charge in [-0.1, -0.05) is 42.5 Å². The van der Waals surface area contributed by atoms with Crippen LogP contribution in [0.3, 0.4) is 0 Å². The number of nitrogens with one attached hydrogen (secondary N) is 1. The van der Waals surface area contributed by atoms with Gasteiger partial charge in [-0.15, -0.1) is 0 Å². The van der Waals surface area contributed by atoms with Gasteiger partial charge in [0.25, 0.3) is 0 Å². The van der Waals surface area contributed by atoms with E-state index in [9.17, 15) is 10.2 Å². The maximum atomic E-state index is 10.1. The smallest absolute Gasteiger partial charge is 0.0791 e. The van der Waals surface area contributed by atoms with Crippen molar-refractivity contribution >= 4 is 0 Å². The van der Waals surface area contributed by atoms with Crippen LogP contribution in [-0.2, 0) is 6.54 Å². The van der Waals surface area contributed by atoms with Crippen LogP contribution in [-0.4, -0.2) is 54.0 Å². The third-order valence-electron chi connectivity index (χ3n) is 3.34. The predicted octanol–water partition coefficient (Wildman–Crippen LogP) is 1.40. The summed E-state index contributed by atoms with van der Waals surface area (Å²) in [5, 5.41) is 22.5. The van der Waals surface area contributed by atoms with E-state index in [2.05, 4.69) is 22.3 Å². The van der Waals surface area contributed by atoms with Crippen molar-refractivity contribution in [1.82, 2.24) is 10.2 Å². The Morgan fingerprint density at radius 1 is 1.29 bits per heavy atom. The van der Waals surface area contributed by atoms with Gasteiger partial charge < -0.3 is 15.5 Å². The van der Waals surface area contributed by atoms with Gasteiger partial charge in [-0.05, 0) is 26.0 Å². The number of aliphatic hydroxyl groups is 2. The third kappa shape index (κ3) is 7.97. The molecule has 0 amide bonds. The summed E-state index contributed by atoms with van der Waals surface area (Å²) >= 11 is 0. The Balaban J connectivity index is 2.27. The standard InChI is InChI=1S/C17H28N2O2/c1-3-4-10-16(14-20)18-11-17(21)13-19(2)12-15-8-6-5-7-9-15/h3-9,16-18,20-21H,10-14H2,1-2H3/b4-3+. The van der Waals surface area contributed by atoms with Gasteiger partial charge >= 0.3 is 0 Å². The average Bonchev–Trinajstić information content (AvgIpc) is 2.48. The van der Waals surface area contributed by atoms with Gasteiger partial charge in [-0.3, -0.25) is 4.90 Å². The molecule has 0 aliphatic carbocycles. The quantitative estimate of drug-likeness (QED) is 0.571. The van der Waals surface area contributed by atoms with Crippen molar-refractivity contribution in [3.8, 4) is 0 Å². The molecule has 0 aliphatic heterocycles. The minimum absolute atomic E-state index is 0.00952. The van der Waals surface area contributed by atoms with Gasteiger partial charge in [-0.25, -0.2) is 0 Å². The zero-order valence-corrected chi connectivity index (χ0v) is 13.1. The second-order valence-electron chi connectivity index (χ2n) is 5.43. The number of likely N-dealkylation sites (N-methyl/N-ethyl adjacent to an activating group) is 1. The zero-order chi connectivity index (χ0) is 15.5. The lowest BCUT2D eigenvalue weighted by Crippen LogP contribution is -2.41. The monoisotopic (exact) mass is 292 g/mol. The molecule has 0 spiro atoms. The summed E-state index contributed by atoms with van der Waals surface area (Å²) in [6, 6.07) is 10.2. The van der Waals surface area contributed by atoms with Crippen LogP contribution in [0.25, 0.3) is 0 Å². The van der Waals surface area contributed by atoms with E-state index >= 15 is 0 Å². The summed E-state index contributed by atoms with van der Waals surface area (Å²) in [4.78, 5) is 2.10. The molecule has 4 heteroatoms. The molecule has 21 heavy (non-hydrogen) atoms. The normalized spacial score (nSPS) is 14.7. The first-order chi connectivity index (χ1) is 10.2. The van der Waals surface area contributed by atoms with Gasteiger partial charge in [-0.2, -0.15) is 0 Å². The third-order valence-corrected chi connectivity index (χ3v) is 3.34. The number of nitrogens with zero attached hydrogens (tertiary/aromatic N) is 1. The Morgan fingerprint density at radius 2 is 2.00 bits per heavy atom. The van der Waals surface area contributed by atoms with Crippen molar-refractivity contribution < 1.29 is 10.2 Å². The summed E-state index contributed by atoms with van der Waals surface area (Å²) in [5.74, 6) is 0. The SMILES string of the molecule is C/C=C/CC(CO)NCC(O)CN(C)Cc1ccccc1. The lowest BCUT2D eigenvalue weighted by Gasteiger charge is -2.22. The second kappa shape index (κ2) is 10.5. The molecule has 118 valence electrons. The number of rotatable bonds is 10. The topological polar surface area (TPSA) is 55.7 Å². The fourth-order valence-electron chi connectivity index (χ4n) is 2.21. The minimum atomic E-state index is -0.446. The molecule has 1 aromatic carbocycles. The molecule has 1 rings (SSSR count). The molecule has 1 aromatic rings. The number of aliphatic hydroxyl groups excluding tert-OH is 2. The molecule has 0 heterocycles. The van der Waals surface area contributed by atoms with Crippen LogP contribution in [0, 0.1) is 0 Å². The van der Waals surface area contributed by atoms with E-state index in [0.29, 0.717) is 13.1 Å². The van der Waals surface area contributed by atoms with Crippen LogP contribution in [0.5, 0.6) is 0 Å². The Labute approximate surface area is 128 Å². The summed E-state index contributed by atoms with van der Waals surface area (Å²) in [5.41, 5.74) is 1.24. The Kier molecular flexibility index (Phi) is 8.94. The Bertz CT molecular complexity index is 395. The molecule has 0 saturated heterocycles. The van der Waals surface area contributed by atoms with E-state index in [1.165, 1.54) is 5.56 Å². The van der Waals surface area contributed by atoms with E-state index in [1.54, 1.807) is 0 Å². The van der Waals surface area contributed by atoms with E-state index < -0.39 is 6.10 Å². The van der Waals surface area contributed by atoms with Crippen molar-refractivity contribution in [2.45, 2.75) is 32.0 Å². The highest BCUT2D eigenvalue weighted by Crippen LogP contribution is 2.03. The first-order valence-electron chi connectivity index (χ1n) is 7.51. The molecule has 4 nitrogen and oxygen atoms in total. The van der Waals surface area contributed by atoms with Crippen molar-refractivity contribution in [2.24, 2.45) is 0 Å². The second-order valence-corrected chi connectivity index (χ2v) is 5.43. The van der Waals surface area contributed by atoms with Crippen molar-refractivity contribution in [3.05, 3.63) is 48.0 Å². The number of benzene rings is 1. The van der Waals surface area contributed by atoms with E-state index in [1.807, 2.05) is 44.3 Å². The molecule has 0 aliphatic rings. The zero-order valence-electron chi connectivity index (χ0n) is 13.1. The van der Waals surface area contributed by atoms with Crippen LogP contribution in [0.1, 0.15) is 18.9 Å². The van der Waals surface area contributed by atoms with Gasteiger partial charge in [0.15, 0.2) is 0 Å². The molecule has 0 fully saturated rings. The fraction of sp³-hybridized carbons (Fsp3) is 0.529. The molecule has 0 bridgehead atoms. The molecule has 0 aromatic heterocycles. The van der Waals surface area contributed by atoms with Gasteiger partial charge in [0.1, 0.15) is 0 Å². The maximum absolute atomic E-state index is 10.1. The molecule has 2 atom stereocenters. The summed E-state index contributed by atoms with van der Waals surface area (Å²) < 4.78 is 0. The molecular weight excluding hydrogens is 264 g/mol. The fourth-order valence-corrected chi connectivity index (χ4v) is 2.21. The average molecular weight is 292 g/mol. The Hall–Kier alpha value is -1.20. The number of hydrogen-bond acceptors (Lipinski definition) is 4. The maximum Gasteiger partial charge on any atom is 0.0791 e. The predicted molar refractivity (Wildman–Crippen MR) is 87.1 cm³/mol. The van der Waals surface area contributed by atoms with Crippen LogP contribution >= 0.6 is 0 Å². The lowest BCUT2D eigenvalue weighted by atomic mass is 10.2. The first-order valence-corrected chi connectivity index (χ1v) is 7.51. The molecular formula is C17H28N2O2. The van der Waals surface area contributed by atoms with E-state index in [0.717, 1.165) is 13.0 Å². The highest BCUT2D eigenvalue weighted by Gasteiger charge is 2.11. The lowest BCUT2D eigenvalue weighted by molar-refractivity contribution is 0.114. The number of allylic oxidation sites excluding steroid dienone is 1. The van der Waals surface area contributed by atoms with Crippen molar-refractivity contribution in [1.29, 1.82) is 0 Å². The van der Waals surface area contributed by atoms with Crippen LogP contribution in [0.15, 0.2) is 42.5 Å². The van der Waals surface area contributed by atoms with Crippen LogP contribution < -0.4 is 5.32 Å². The number of hydrogen-bond donors (Lipinski definition) is 3. The van der Waals surface area contributed by atoms with Crippen molar-refractivity contribution in [3.63, 3.8) is 0 Å². The molecule has 3 N–H and O–H groups in total. The molecule has 2 unspecified atom stereocenters. The highest BCUT2D eigenvalue weighted by molar-refractivity contribution is 5.14. The van der Waals surface area contributed by atoms with Crippen LogP contribution in [0.2, 0.25) is 0 Å². The van der Waals surface area contributed by atoms with Crippen LogP contribution in [0.4, 0.5) is 0 Å². The highest BCUT2D eigenvalue weighted by atomic mass is 16.3. The first kappa shape index (κ1) is 17.9. The summed E-state index contributed by atoms with van der Waals surface area (Å²) in [7, 11) is 2.00. The van der Waals surface area contributed by atoms with Gasteiger partial charge in [0.05, 0.1) is 12.7 Å². The van der Waals surface area contributed by atoms with Gasteiger partial charge in [0, 0.05) is 25.7 Å². The molecule has 0 saturated carbocycles. The van der Waals surface area contributed by atoms with Gasteiger partial charge in [0.2, 0.25) is 0 Å². The summed E-state index contributed by atoms with van der Waals surface area (Å²) in [6.07, 6.45) is 4.31. The Morgan fingerprint density at radius 3 is 2.62 bits per heavy atom. The van der Waals surface area contributed by atoms with E-state index in [-0.39, 0.29) is 12.6 Å². The minimum Gasteiger partial charge on any atom is -0.395 e. The van der Waals surface area contributed by atoms with Crippen molar-refractivity contribution in [2.75, 3.05) is 26.7 Å².